The standard InChI is InChI=1S/C22H18N4O/c1-15-7-9-18(10-8-15)25-19-12-17(13-23-14-19)22(27)26-20-6-2-4-16-5-3-11-24-21(16)20/h2-14,25H,1H3,(H,26,27). The van der Waals surface area contributed by atoms with Gasteiger partial charge < -0.3 is 10.6 Å². The van der Waals surface area contributed by atoms with Crippen LogP contribution in [0.2, 0.25) is 0 Å². The summed E-state index contributed by atoms with van der Waals surface area (Å²) in [5.41, 5.74) is 4.79. The number of nitrogens with one attached hydrogen (secondary N) is 2. The number of carbonyl (C=O) groups is 1. The molecule has 0 aliphatic heterocycles. The van der Waals surface area contributed by atoms with Crippen molar-refractivity contribution >= 4 is 33.9 Å². The third-order valence-corrected chi connectivity index (χ3v) is 4.22. The number of fused-ring (bicyclic) bond motifs is 1. The molecule has 0 fully saturated rings. The lowest BCUT2D eigenvalue weighted by Gasteiger charge is -2.10. The molecule has 1 amide bonds. The molecule has 0 spiro atoms. The second-order valence-electron chi connectivity index (χ2n) is 6.29. The Balaban J connectivity index is 1.56. The Labute approximate surface area is 157 Å². The first-order valence-electron chi connectivity index (χ1n) is 8.63. The van der Waals surface area contributed by atoms with Gasteiger partial charge in [-0.15, -0.1) is 0 Å². The maximum Gasteiger partial charge on any atom is 0.257 e. The van der Waals surface area contributed by atoms with Gasteiger partial charge in [-0.1, -0.05) is 35.9 Å². The molecule has 0 bridgehead atoms. The van der Waals surface area contributed by atoms with Gasteiger partial charge in [-0.3, -0.25) is 14.8 Å². The minimum atomic E-state index is -0.229. The molecule has 5 nitrogen and oxygen atoms in total. The number of aryl methyl sites for hydroxylation is 1. The molecule has 4 aromatic rings. The van der Waals surface area contributed by atoms with Gasteiger partial charge >= 0.3 is 0 Å². The third-order valence-electron chi connectivity index (χ3n) is 4.22. The largest absolute Gasteiger partial charge is 0.354 e. The molecule has 132 valence electrons. The van der Waals surface area contributed by atoms with Crippen LogP contribution in [-0.2, 0) is 0 Å². The molecule has 0 atom stereocenters. The molecule has 2 aromatic heterocycles. The maximum absolute atomic E-state index is 12.7. The average molecular weight is 354 g/mol. The van der Waals surface area contributed by atoms with Gasteiger partial charge in [-0.05, 0) is 37.3 Å². The number of benzene rings is 2. The van der Waals surface area contributed by atoms with Crippen molar-refractivity contribution in [2.24, 2.45) is 0 Å². The van der Waals surface area contributed by atoms with Gasteiger partial charge in [0.25, 0.3) is 5.91 Å². The van der Waals surface area contributed by atoms with Crippen LogP contribution in [0.25, 0.3) is 10.9 Å². The van der Waals surface area contributed by atoms with E-state index in [1.54, 1.807) is 24.7 Å². The van der Waals surface area contributed by atoms with Gasteiger partial charge in [0, 0.05) is 23.5 Å². The Morgan fingerprint density at radius 2 is 1.74 bits per heavy atom. The number of amides is 1. The zero-order chi connectivity index (χ0) is 18.6. The van der Waals surface area contributed by atoms with Gasteiger partial charge in [-0.2, -0.15) is 0 Å². The summed E-state index contributed by atoms with van der Waals surface area (Å²) >= 11 is 0. The summed E-state index contributed by atoms with van der Waals surface area (Å²) < 4.78 is 0. The van der Waals surface area contributed by atoms with E-state index in [0.717, 1.165) is 22.3 Å². The molecule has 0 aliphatic rings. The molecule has 5 heteroatoms. The number of anilines is 3. The lowest BCUT2D eigenvalue weighted by molar-refractivity contribution is 0.102. The number of nitrogens with zero attached hydrogens (tertiary/aromatic N) is 2. The van der Waals surface area contributed by atoms with Crippen molar-refractivity contribution in [2.75, 3.05) is 10.6 Å². The number of pyridine rings is 2. The van der Waals surface area contributed by atoms with E-state index in [1.807, 2.05) is 61.5 Å². The SMILES string of the molecule is Cc1ccc(Nc2cncc(C(=O)Nc3cccc4cccnc34)c2)cc1. The van der Waals surface area contributed by atoms with Crippen LogP contribution >= 0.6 is 0 Å². The van der Waals surface area contributed by atoms with Crippen molar-refractivity contribution in [1.29, 1.82) is 0 Å². The van der Waals surface area contributed by atoms with Crippen LogP contribution in [0.1, 0.15) is 15.9 Å². The van der Waals surface area contributed by atoms with Crippen molar-refractivity contribution in [3.05, 3.63) is 90.4 Å². The van der Waals surface area contributed by atoms with E-state index < -0.39 is 0 Å². The molecule has 4 rings (SSSR count). The van der Waals surface area contributed by atoms with E-state index in [-0.39, 0.29) is 5.91 Å². The normalized spacial score (nSPS) is 10.6. The topological polar surface area (TPSA) is 66.9 Å². The fourth-order valence-electron chi connectivity index (χ4n) is 2.84. The highest BCUT2D eigenvalue weighted by Gasteiger charge is 2.10. The van der Waals surface area contributed by atoms with Crippen LogP contribution in [0.4, 0.5) is 17.1 Å². The summed E-state index contributed by atoms with van der Waals surface area (Å²) in [5, 5.41) is 7.17. The first kappa shape index (κ1) is 16.7. The number of hydrogen-bond acceptors (Lipinski definition) is 4. The Morgan fingerprint density at radius 3 is 2.59 bits per heavy atom. The number of hydrogen-bond donors (Lipinski definition) is 2. The van der Waals surface area contributed by atoms with Gasteiger partial charge in [-0.25, -0.2) is 0 Å². The zero-order valence-corrected chi connectivity index (χ0v) is 14.8. The summed E-state index contributed by atoms with van der Waals surface area (Å²) in [6, 6.07) is 19.4. The highest BCUT2D eigenvalue weighted by Crippen LogP contribution is 2.22. The van der Waals surface area contributed by atoms with Gasteiger partial charge in [0.15, 0.2) is 0 Å². The third kappa shape index (κ3) is 3.77. The molecule has 0 aliphatic carbocycles. The monoisotopic (exact) mass is 354 g/mol. The number of rotatable bonds is 4. The minimum Gasteiger partial charge on any atom is -0.354 e. The molecule has 27 heavy (non-hydrogen) atoms. The molecule has 0 saturated carbocycles. The Morgan fingerprint density at radius 1 is 0.926 bits per heavy atom. The summed E-state index contributed by atoms with van der Waals surface area (Å²) in [7, 11) is 0. The van der Waals surface area contributed by atoms with Crippen molar-refractivity contribution < 1.29 is 4.79 Å². The van der Waals surface area contributed by atoms with E-state index >= 15 is 0 Å². The van der Waals surface area contributed by atoms with Crippen molar-refractivity contribution in [1.82, 2.24) is 9.97 Å². The van der Waals surface area contributed by atoms with Crippen molar-refractivity contribution in [3.63, 3.8) is 0 Å². The van der Waals surface area contributed by atoms with E-state index in [9.17, 15) is 4.79 Å². The van der Waals surface area contributed by atoms with Crippen molar-refractivity contribution in [3.8, 4) is 0 Å². The quantitative estimate of drug-likeness (QED) is 0.545. The Kier molecular flexibility index (Phi) is 4.49. The second-order valence-corrected chi connectivity index (χ2v) is 6.29. The molecular weight excluding hydrogens is 336 g/mol. The zero-order valence-electron chi connectivity index (χ0n) is 14.8. The number of aromatic nitrogens is 2. The Hall–Kier alpha value is -3.73. The predicted molar refractivity (Wildman–Crippen MR) is 108 cm³/mol. The van der Waals surface area contributed by atoms with Gasteiger partial charge in [0.1, 0.15) is 0 Å². The van der Waals surface area contributed by atoms with Crippen LogP contribution < -0.4 is 10.6 Å². The lowest BCUT2D eigenvalue weighted by atomic mass is 10.1. The predicted octanol–water partition coefficient (Wildman–Crippen LogP) is 4.93. The van der Waals surface area contributed by atoms with E-state index in [1.165, 1.54) is 5.56 Å². The summed E-state index contributed by atoms with van der Waals surface area (Å²) in [4.78, 5) is 21.3. The summed E-state index contributed by atoms with van der Waals surface area (Å²) in [6.07, 6.45) is 4.95. The summed E-state index contributed by atoms with van der Waals surface area (Å²) in [6.45, 7) is 2.04. The minimum absolute atomic E-state index is 0.229. The fourth-order valence-corrected chi connectivity index (χ4v) is 2.84. The second kappa shape index (κ2) is 7.25. The first-order chi connectivity index (χ1) is 13.2. The lowest BCUT2D eigenvalue weighted by Crippen LogP contribution is -2.13. The maximum atomic E-state index is 12.7. The van der Waals surface area contributed by atoms with E-state index in [0.29, 0.717) is 11.3 Å². The van der Waals surface area contributed by atoms with Crippen molar-refractivity contribution in [2.45, 2.75) is 6.92 Å². The molecule has 2 N–H and O–H groups in total. The highest BCUT2D eigenvalue weighted by atomic mass is 16.1. The highest BCUT2D eigenvalue weighted by molar-refractivity contribution is 6.08. The summed E-state index contributed by atoms with van der Waals surface area (Å²) in [5.74, 6) is -0.229. The fraction of sp³-hybridized carbons (Fsp3) is 0.0455. The van der Waals surface area contributed by atoms with E-state index in [2.05, 4.69) is 20.6 Å². The van der Waals surface area contributed by atoms with Gasteiger partial charge in [0.05, 0.1) is 28.7 Å². The molecule has 2 aromatic carbocycles. The first-order valence-corrected chi connectivity index (χ1v) is 8.63. The van der Waals surface area contributed by atoms with Crippen LogP contribution in [0.15, 0.2) is 79.3 Å². The molecular formula is C22H18N4O. The molecule has 0 saturated heterocycles. The molecule has 2 heterocycles. The van der Waals surface area contributed by atoms with E-state index in [4.69, 9.17) is 0 Å². The van der Waals surface area contributed by atoms with Crippen LogP contribution in [0.3, 0.4) is 0 Å². The molecule has 0 unspecified atom stereocenters. The average Bonchev–Trinajstić information content (AvgIpc) is 2.70. The number of para-hydroxylation sites is 1. The van der Waals surface area contributed by atoms with Crippen LogP contribution in [-0.4, -0.2) is 15.9 Å². The molecule has 0 radical (unpaired) electrons. The smallest absolute Gasteiger partial charge is 0.257 e. The Bertz CT molecular complexity index is 1100. The van der Waals surface area contributed by atoms with Crippen LogP contribution in [0, 0.1) is 6.92 Å². The van der Waals surface area contributed by atoms with Gasteiger partial charge in [0.2, 0.25) is 0 Å². The van der Waals surface area contributed by atoms with Crippen LogP contribution in [0.5, 0.6) is 0 Å². The number of carbonyl (C=O) groups excluding carboxylic acids is 1.